The summed E-state index contributed by atoms with van der Waals surface area (Å²) in [6.07, 6.45) is 0. The number of aromatic hydroxyl groups is 1. The number of phenols is 1. The Morgan fingerprint density at radius 2 is 1.75 bits per heavy atom. The van der Waals surface area contributed by atoms with Gasteiger partial charge in [0.05, 0.1) is 0 Å². The van der Waals surface area contributed by atoms with E-state index in [1.807, 2.05) is 31.3 Å². The second kappa shape index (κ2) is 6.08. The molecule has 1 amide bonds. The molecule has 0 unspecified atom stereocenters. The smallest absolute Gasteiger partial charge is 0.265 e. The summed E-state index contributed by atoms with van der Waals surface area (Å²) < 4.78 is 0. The number of nitrogen functional groups attached to an aromatic ring is 1. The predicted molar refractivity (Wildman–Crippen MR) is 78.3 cm³/mol. The molecule has 0 atom stereocenters. The van der Waals surface area contributed by atoms with Crippen molar-refractivity contribution in [3.05, 3.63) is 59.7 Å². The topological polar surface area (TPSA) is 78.6 Å². The zero-order chi connectivity index (χ0) is 14.5. The van der Waals surface area contributed by atoms with Crippen LogP contribution >= 0.6 is 0 Å². The van der Waals surface area contributed by atoms with E-state index in [4.69, 9.17) is 5.84 Å². The van der Waals surface area contributed by atoms with E-state index < -0.39 is 0 Å². The van der Waals surface area contributed by atoms with Crippen LogP contribution in [0.2, 0.25) is 0 Å². The first kappa shape index (κ1) is 13.9. The molecule has 0 bridgehead atoms. The number of carbonyl (C=O) groups is 1. The largest absolute Gasteiger partial charge is 0.508 e. The predicted octanol–water partition coefficient (Wildman–Crippen LogP) is 1.63. The van der Waals surface area contributed by atoms with E-state index >= 15 is 0 Å². The zero-order valence-electron chi connectivity index (χ0n) is 11.2. The van der Waals surface area contributed by atoms with Crippen LogP contribution in [0, 0.1) is 0 Å². The minimum atomic E-state index is -0.302. The van der Waals surface area contributed by atoms with Crippen LogP contribution in [0.5, 0.6) is 5.75 Å². The number of carbonyl (C=O) groups excluding carboxylic acids is 1. The second-order valence-electron chi connectivity index (χ2n) is 4.54. The van der Waals surface area contributed by atoms with Gasteiger partial charge in [0.1, 0.15) is 5.75 Å². The molecular formula is C15H17N3O2. The number of nitrogens with zero attached hydrogens (tertiary/aromatic N) is 1. The summed E-state index contributed by atoms with van der Waals surface area (Å²) >= 11 is 0. The number of hydrazine groups is 1. The number of benzene rings is 2. The molecule has 104 valence electrons. The van der Waals surface area contributed by atoms with Crippen LogP contribution in [-0.2, 0) is 6.54 Å². The van der Waals surface area contributed by atoms with Gasteiger partial charge in [-0.3, -0.25) is 10.2 Å². The third-order valence-electron chi connectivity index (χ3n) is 3.06. The summed E-state index contributed by atoms with van der Waals surface area (Å²) in [5.41, 5.74) is 4.71. The van der Waals surface area contributed by atoms with Gasteiger partial charge in [0.25, 0.3) is 5.91 Å². The Morgan fingerprint density at radius 3 is 2.30 bits per heavy atom. The Kier molecular flexibility index (Phi) is 4.22. The van der Waals surface area contributed by atoms with Crippen LogP contribution in [0.3, 0.4) is 0 Å². The maximum absolute atomic E-state index is 11.3. The lowest BCUT2D eigenvalue weighted by Crippen LogP contribution is -2.29. The van der Waals surface area contributed by atoms with E-state index in [9.17, 15) is 9.90 Å². The zero-order valence-corrected chi connectivity index (χ0v) is 11.2. The molecule has 0 radical (unpaired) electrons. The lowest BCUT2D eigenvalue weighted by molar-refractivity contribution is 0.0953. The van der Waals surface area contributed by atoms with Gasteiger partial charge in [0.2, 0.25) is 0 Å². The molecule has 0 saturated heterocycles. The Labute approximate surface area is 117 Å². The van der Waals surface area contributed by atoms with Crippen molar-refractivity contribution in [3.63, 3.8) is 0 Å². The van der Waals surface area contributed by atoms with Crippen molar-refractivity contribution in [1.29, 1.82) is 0 Å². The Balaban J connectivity index is 2.06. The van der Waals surface area contributed by atoms with Crippen LogP contribution in [0.25, 0.3) is 0 Å². The number of amides is 1. The summed E-state index contributed by atoms with van der Waals surface area (Å²) in [5, 5.41) is 9.27. The van der Waals surface area contributed by atoms with Gasteiger partial charge in [0.15, 0.2) is 0 Å². The number of anilines is 1. The molecule has 0 aliphatic rings. The number of hydrogen-bond acceptors (Lipinski definition) is 4. The van der Waals surface area contributed by atoms with Crippen molar-refractivity contribution in [1.82, 2.24) is 5.43 Å². The molecule has 0 aromatic heterocycles. The average molecular weight is 271 g/mol. The molecular weight excluding hydrogens is 254 g/mol. The SMILES string of the molecule is CN(Cc1ccc(C(=O)NN)cc1)c1ccc(O)cc1. The fourth-order valence-electron chi connectivity index (χ4n) is 1.92. The molecule has 2 aromatic carbocycles. The van der Waals surface area contributed by atoms with Crippen molar-refractivity contribution in [2.24, 2.45) is 5.84 Å². The van der Waals surface area contributed by atoms with Crippen molar-refractivity contribution in [2.45, 2.75) is 6.54 Å². The number of nitrogens with one attached hydrogen (secondary N) is 1. The van der Waals surface area contributed by atoms with E-state index in [1.165, 1.54) is 0 Å². The minimum Gasteiger partial charge on any atom is -0.508 e. The maximum atomic E-state index is 11.3. The lowest BCUT2D eigenvalue weighted by atomic mass is 10.1. The molecule has 5 nitrogen and oxygen atoms in total. The van der Waals surface area contributed by atoms with E-state index in [0.717, 1.165) is 11.3 Å². The molecule has 0 saturated carbocycles. The summed E-state index contributed by atoms with van der Waals surface area (Å²) in [6, 6.07) is 14.3. The number of nitrogens with two attached hydrogens (primary N) is 1. The van der Waals surface area contributed by atoms with Crippen LogP contribution in [0.1, 0.15) is 15.9 Å². The maximum Gasteiger partial charge on any atom is 0.265 e. The first-order valence-corrected chi connectivity index (χ1v) is 6.20. The molecule has 20 heavy (non-hydrogen) atoms. The van der Waals surface area contributed by atoms with Gasteiger partial charge in [-0.15, -0.1) is 0 Å². The molecule has 4 N–H and O–H groups in total. The fourth-order valence-corrected chi connectivity index (χ4v) is 1.92. The van der Waals surface area contributed by atoms with Crippen LogP contribution in [-0.4, -0.2) is 18.1 Å². The van der Waals surface area contributed by atoms with Crippen LogP contribution in [0.4, 0.5) is 5.69 Å². The number of hydrogen-bond donors (Lipinski definition) is 3. The van der Waals surface area contributed by atoms with Crippen LogP contribution < -0.4 is 16.2 Å². The van der Waals surface area contributed by atoms with Gasteiger partial charge in [-0.1, -0.05) is 12.1 Å². The summed E-state index contributed by atoms with van der Waals surface area (Å²) in [7, 11) is 1.97. The van der Waals surface area contributed by atoms with Gasteiger partial charge in [-0.25, -0.2) is 5.84 Å². The molecule has 5 heteroatoms. The summed E-state index contributed by atoms with van der Waals surface area (Å²) in [6.45, 7) is 0.704. The number of rotatable bonds is 4. The molecule has 0 aliphatic heterocycles. The highest BCUT2D eigenvalue weighted by atomic mass is 16.3. The van der Waals surface area contributed by atoms with Gasteiger partial charge in [-0.05, 0) is 42.0 Å². The second-order valence-corrected chi connectivity index (χ2v) is 4.54. The molecule has 0 aliphatic carbocycles. The third kappa shape index (κ3) is 3.27. The number of phenolic OH excluding ortho intramolecular Hbond substituents is 1. The van der Waals surface area contributed by atoms with E-state index in [2.05, 4.69) is 10.3 Å². The van der Waals surface area contributed by atoms with Crippen molar-refractivity contribution >= 4 is 11.6 Å². The highest BCUT2D eigenvalue weighted by Crippen LogP contribution is 2.19. The standard InChI is InChI=1S/C15H17N3O2/c1-18(13-6-8-14(19)9-7-13)10-11-2-4-12(5-3-11)15(20)17-16/h2-9,19H,10,16H2,1H3,(H,17,20). The van der Waals surface area contributed by atoms with E-state index in [0.29, 0.717) is 12.1 Å². The minimum absolute atomic E-state index is 0.249. The Morgan fingerprint density at radius 1 is 1.15 bits per heavy atom. The average Bonchev–Trinajstić information content (AvgIpc) is 2.48. The highest BCUT2D eigenvalue weighted by molar-refractivity contribution is 5.93. The first-order valence-electron chi connectivity index (χ1n) is 6.20. The van der Waals surface area contributed by atoms with Crippen LogP contribution in [0.15, 0.2) is 48.5 Å². The van der Waals surface area contributed by atoms with E-state index in [1.54, 1.807) is 24.3 Å². The quantitative estimate of drug-likeness (QED) is 0.448. The fraction of sp³-hybridized carbons (Fsp3) is 0.133. The third-order valence-corrected chi connectivity index (χ3v) is 3.06. The normalized spacial score (nSPS) is 10.1. The van der Waals surface area contributed by atoms with Crippen molar-refractivity contribution in [2.75, 3.05) is 11.9 Å². The van der Waals surface area contributed by atoms with Gasteiger partial charge in [-0.2, -0.15) is 0 Å². The molecule has 2 aromatic rings. The molecule has 2 rings (SSSR count). The summed E-state index contributed by atoms with van der Waals surface area (Å²) in [4.78, 5) is 13.4. The summed E-state index contributed by atoms with van der Waals surface area (Å²) in [5.74, 6) is 5.03. The van der Waals surface area contributed by atoms with E-state index in [-0.39, 0.29) is 11.7 Å². The lowest BCUT2D eigenvalue weighted by Gasteiger charge is -2.19. The van der Waals surface area contributed by atoms with Gasteiger partial charge >= 0.3 is 0 Å². The Hall–Kier alpha value is -2.53. The van der Waals surface area contributed by atoms with Crippen molar-refractivity contribution < 1.29 is 9.90 Å². The molecule has 0 heterocycles. The molecule has 0 spiro atoms. The first-order chi connectivity index (χ1) is 9.60. The van der Waals surface area contributed by atoms with Crippen molar-refractivity contribution in [3.8, 4) is 5.75 Å². The monoisotopic (exact) mass is 271 g/mol. The van der Waals surface area contributed by atoms with Gasteiger partial charge < -0.3 is 10.0 Å². The molecule has 0 fully saturated rings. The highest BCUT2D eigenvalue weighted by Gasteiger charge is 2.05. The Bertz CT molecular complexity index is 579. The van der Waals surface area contributed by atoms with Gasteiger partial charge in [0, 0.05) is 24.8 Å².